The standard InChI is InChI=1S/C25H29F3N2O3S/c1-2-15-34(32,33)30-13-11-24(12-14-30)19(16-18-7-3-5-9-21(18)24)17-29-23(31)20-8-4-6-10-22(20)25(26,27)28/h3-10,19H,2,11-17H2,1H3,(H,29,31). The van der Waals surface area contributed by atoms with Gasteiger partial charge < -0.3 is 5.32 Å². The van der Waals surface area contributed by atoms with Gasteiger partial charge in [0.2, 0.25) is 10.0 Å². The van der Waals surface area contributed by atoms with E-state index in [1.54, 1.807) is 4.31 Å². The number of fused-ring (bicyclic) bond motifs is 2. The van der Waals surface area contributed by atoms with Crippen LogP contribution in [-0.2, 0) is 28.0 Å². The summed E-state index contributed by atoms with van der Waals surface area (Å²) in [6.45, 7) is 2.86. The minimum absolute atomic E-state index is 0.0251. The Hall–Kier alpha value is -2.39. The lowest BCUT2D eigenvalue weighted by molar-refractivity contribution is -0.137. The first-order chi connectivity index (χ1) is 16.1. The van der Waals surface area contributed by atoms with Crippen molar-refractivity contribution in [2.45, 2.75) is 44.2 Å². The van der Waals surface area contributed by atoms with Crippen molar-refractivity contribution in [3.05, 3.63) is 70.8 Å². The van der Waals surface area contributed by atoms with Crippen molar-refractivity contribution in [3.8, 4) is 0 Å². The molecule has 1 unspecified atom stereocenters. The summed E-state index contributed by atoms with van der Waals surface area (Å²) in [4.78, 5) is 12.8. The van der Waals surface area contributed by atoms with Gasteiger partial charge >= 0.3 is 6.18 Å². The Morgan fingerprint density at radius 2 is 1.74 bits per heavy atom. The Kier molecular flexibility index (Phi) is 6.79. The zero-order chi connectivity index (χ0) is 24.6. The minimum atomic E-state index is -4.62. The number of hydrogen-bond acceptors (Lipinski definition) is 3. The number of nitrogens with one attached hydrogen (secondary N) is 1. The normalized spacial score (nSPS) is 20.3. The molecule has 2 aromatic rings. The highest BCUT2D eigenvalue weighted by Gasteiger charge is 2.49. The molecule has 0 aromatic heterocycles. The molecule has 0 saturated carbocycles. The molecule has 2 aromatic carbocycles. The molecule has 34 heavy (non-hydrogen) atoms. The van der Waals surface area contributed by atoms with Crippen molar-refractivity contribution in [3.63, 3.8) is 0 Å². The third-order valence-corrected chi connectivity index (χ3v) is 9.33. The molecule has 1 atom stereocenters. The molecule has 1 aliphatic carbocycles. The van der Waals surface area contributed by atoms with Gasteiger partial charge in [-0.25, -0.2) is 12.7 Å². The van der Waals surface area contributed by atoms with Gasteiger partial charge in [-0.1, -0.05) is 43.3 Å². The van der Waals surface area contributed by atoms with Crippen LogP contribution in [-0.4, -0.2) is 44.0 Å². The van der Waals surface area contributed by atoms with Crippen LogP contribution in [0.15, 0.2) is 48.5 Å². The largest absolute Gasteiger partial charge is 0.417 e. The van der Waals surface area contributed by atoms with E-state index in [-0.39, 0.29) is 29.2 Å². The van der Waals surface area contributed by atoms with Crippen LogP contribution in [0.25, 0.3) is 0 Å². The van der Waals surface area contributed by atoms with Gasteiger partial charge in [0.05, 0.1) is 16.9 Å². The minimum Gasteiger partial charge on any atom is -0.352 e. The van der Waals surface area contributed by atoms with Crippen LogP contribution in [0.2, 0.25) is 0 Å². The van der Waals surface area contributed by atoms with E-state index >= 15 is 0 Å². The highest BCUT2D eigenvalue weighted by molar-refractivity contribution is 7.89. The Balaban J connectivity index is 1.54. The monoisotopic (exact) mass is 494 g/mol. The second kappa shape index (κ2) is 9.34. The van der Waals surface area contributed by atoms with Gasteiger partial charge in [-0.15, -0.1) is 0 Å². The quantitative estimate of drug-likeness (QED) is 0.648. The predicted molar refractivity (Wildman–Crippen MR) is 124 cm³/mol. The number of carbonyl (C=O) groups excluding carboxylic acids is 1. The fourth-order valence-corrected chi connectivity index (χ4v) is 7.11. The number of sulfonamides is 1. The van der Waals surface area contributed by atoms with E-state index in [0.717, 1.165) is 17.2 Å². The van der Waals surface area contributed by atoms with E-state index < -0.39 is 27.7 Å². The predicted octanol–water partition coefficient (Wildman–Crippen LogP) is 4.38. The molecule has 1 heterocycles. The van der Waals surface area contributed by atoms with Crippen molar-refractivity contribution in [2.75, 3.05) is 25.4 Å². The summed E-state index contributed by atoms with van der Waals surface area (Å²) in [5.74, 6) is -0.653. The first-order valence-corrected chi connectivity index (χ1v) is 13.2. The molecular formula is C25H29F3N2O3S. The first-order valence-electron chi connectivity index (χ1n) is 11.6. The Morgan fingerprint density at radius 1 is 1.09 bits per heavy atom. The summed E-state index contributed by atoms with van der Waals surface area (Å²) in [6, 6.07) is 12.8. The molecule has 1 spiro atoms. The second-order valence-electron chi connectivity index (χ2n) is 9.18. The van der Waals surface area contributed by atoms with Gasteiger partial charge in [0.25, 0.3) is 5.91 Å². The van der Waals surface area contributed by atoms with Crippen LogP contribution >= 0.6 is 0 Å². The summed E-state index contributed by atoms with van der Waals surface area (Å²) in [6.07, 6.45) is -2.13. The van der Waals surface area contributed by atoms with Crippen molar-refractivity contribution in [1.82, 2.24) is 9.62 Å². The van der Waals surface area contributed by atoms with Crippen molar-refractivity contribution < 1.29 is 26.4 Å². The maximum absolute atomic E-state index is 13.4. The summed E-state index contributed by atoms with van der Waals surface area (Å²) >= 11 is 0. The number of hydrogen-bond donors (Lipinski definition) is 1. The molecule has 2 aliphatic rings. The Bertz CT molecular complexity index is 1160. The lowest BCUT2D eigenvalue weighted by atomic mass is 9.68. The highest BCUT2D eigenvalue weighted by Crippen LogP contribution is 2.50. The zero-order valence-electron chi connectivity index (χ0n) is 19.1. The van der Waals surface area contributed by atoms with Gasteiger partial charge in [0, 0.05) is 25.0 Å². The molecule has 1 amide bonds. The molecule has 9 heteroatoms. The summed E-state index contributed by atoms with van der Waals surface area (Å²) in [5.41, 5.74) is 0.664. The fourth-order valence-electron chi connectivity index (χ4n) is 5.60. The number of benzene rings is 2. The number of nitrogens with zero attached hydrogens (tertiary/aromatic N) is 1. The zero-order valence-corrected chi connectivity index (χ0v) is 19.9. The smallest absolute Gasteiger partial charge is 0.352 e. The average molecular weight is 495 g/mol. The molecule has 184 valence electrons. The van der Waals surface area contributed by atoms with Gasteiger partial charge in [0.15, 0.2) is 0 Å². The van der Waals surface area contributed by atoms with E-state index in [2.05, 4.69) is 11.4 Å². The SMILES string of the molecule is CCCS(=O)(=O)N1CCC2(CC1)c1ccccc1CC2CNC(=O)c1ccccc1C(F)(F)F. The van der Waals surface area contributed by atoms with E-state index in [9.17, 15) is 26.4 Å². The maximum atomic E-state index is 13.4. The van der Waals surface area contributed by atoms with Crippen LogP contribution in [0, 0.1) is 5.92 Å². The van der Waals surface area contributed by atoms with Crippen molar-refractivity contribution in [2.24, 2.45) is 5.92 Å². The van der Waals surface area contributed by atoms with E-state index in [0.29, 0.717) is 38.8 Å². The summed E-state index contributed by atoms with van der Waals surface area (Å²) in [5, 5.41) is 2.75. The molecule has 1 N–H and O–H groups in total. The van der Waals surface area contributed by atoms with E-state index in [1.165, 1.54) is 18.2 Å². The number of amides is 1. The molecule has 1 aliphatic heterocycles. The average Bonchev–Trinajstić information content (AvgIpc) is 3.10. The van der Waals surface area contributed by atoms with Crippen LogP contribution < -0.4 is 5.32 Å². The van der Waals surface area contributed by atoms with Gasteiger partial charge in [-0.05, 0) is 54.9 Å². The molecule has 0 radical (unpaired) electrons. The van der Waals surface area contributed by atoms with Crippen LogP contribution in [0.4, 0.5) is 13.2 Å². The molecule has 5 nitrogen and oxygen atoms in total. The number of rotatable bonds is 6. The molecule has 1 fully saturated rings. The summed E-state index contributed by atoms with van der Waals surface area (Å²) < 4.78 is 66.8. The number of halogens is 3. The van der Waals surface area contributed by atoms with Gasteiger partial charge in [0.1, 0.15) is 0 Å². The lowest BCUT2D eigenvalue weighted by Crippen LogP contribution is -2.50. The lowest BCUT2D eigenvalue weighted by Gasteiger charge is -2.43. The third-order valence-electron chi connectivity index (χ3n) is 7.26. The maximum Gasteiger partial charge on any atom is 0.417 e. The van der Waals surface area contributed by atoms with Crippen LogP contribution in [0.1, 0.15) is 53.2 Å². The van der Waals surface area contributed by atoms with Crippen LogP contribution in [0.3, 0.4) is 0 Å². The fraction of sp³-hybridized carbons (Fsp3) is 0.480. The first kappa shape index (κ1) is 24.7. The van der Waals surface area contributed by atoms with Gasteiger partial charge in [-0.2, -0.15) is 13.2 Å². The van der Waals surface area contributed by atoms with Gasteiger partial charge in [-0.3, -0.25) is 4.79 Å². The molecule has 0 bridgehead atoms. The van der Waals surface area contributed by atoms with E-state index in [4.69, 9.17) is 0 Å². The number of carbonyl (C=O) groups is 1. The second-order valence-corrected chi connectivity index (χ2v) is 11.3. The highest BCUT2D eigenvalue weighted by atomic mass is 32.2. The van der Waals surface area contributed by atoms with Crippen molar-refractivity contribution >= 4 is 15.9 Å². The van der Waals surface area contributed by atoms with Crippen LogP contribution in [0.5, 0.6) is 0 Å². The molecule has 4 rings (SSSR count). The molecule has 1 saturated heterocycles. The number of piperidine rings is 1. The number of alkyl halides is 3. The molecular weight excluding hydrogens is 465 g/mol. The Morgan fingerprint density at radius 3 is 2.41 bits per heavy atom. The topological polar surface area (TPSA) is 66.5 Å². The van der Waals surface area contributed by atoms with E-state index in [1.807, 2.05) is 25.1 Å². The Labute approximate surface area is 198 Å². The third kappa shape index (κ3) is 4.60. The van der Waals surface area contributed by atoms with Crippen molar-refractivity contribution in [1.29, 1.82) is 0 Å². The summed E-state index contributed by atoms with van der Waals surface area (Å²) in [7, 11) is -3.30.